The van der Waals surface area contributed by atoms with E-state index in [1.807, 2.05) is 6.07 Å². The van der Waals surface area contributed by atoms with Crippen LogP contribution >= 0.6 is 11.3 Å². The van der Waals surface area contributed by atoms with Crippen LogP contribution in [0.25, 0.3) is 0 Å². The van der Waals surface area contributed by atoms with Gasteiger partial charge in [0.05, 0.1) is 12.2 Å². The molecule has 1 aliphatic rings. The Hall–Kier alpha value is -0.380. The van der Waals surface area contributed by atoms with E-state index in [-0.39, 0.29) is 6.10 Å². The number of aliphatic hydroxyl groups excluding tert-OH is 1. The molecular weight excluding hydrogens is 208 g/mol. The number of aliphatic hydroxyl groups is 1. The lowest BCUT2D eigenvalue weighted by atomic mass is 10.1. The number of hydrogen-bond acceptors (Lipinski definition) is 3. The van der Waals surface area contributed by atoms with Crippen LogP contribution in [0.5, 0.6) is 0 Å². The molecule has 0 aromatic carbocycles. The molecule has 2 nitrogen and oxygen atoms in total. The zero-order chi connectivity index (χ0) is 10.8. The normalized spacial score (nSPS) is 28.2. The second kappa shape index (κ2) is 4.64. The van der Waals surface area contributed by atoms with Gasteiger partial charge in [-0.1, -0.05) is 6.92 Å². The molecule has 0 bridgehead atoms. The molecule has 1 saturated heterocycles. The van der Waals surface area contributed by atoms with Crippen molar-refractivity contribution in [3.63, 3.8) is 0 Å². The average molecular weight is 226 g/mol. The van der Waals surface area contributed by atoms with Crippen molar-refractivity contribution in [2.45, 2.75) is 51.4 Å². The maximum atomic E-state index is 10.1. The van der Waals surface area contributed by atoms with Crippen LogP contribution in [0, 0.1) is 0 Å². The number of hydrogen-bond donors (Lipinski definition) is 1. The Morgan fingerprint density at radius 2 is 2.33 bits per heavy atom. The summed E-state index contributed by atoms with van der Waals surface area (Å²) < 4.78 is 5.68. The molecule has 1 aliphatic heterocycles. The van der Waals surface area contributed by atoms with E-state index in [0.29, 0.717) is 6.10 Å². The number of ether oxygens (including phenoxy) is 1. The largest absolute Gasteiger partial charge is 0.385 e. The maximum absolute atomic E-state index is 10.1. The van der Waals surface area contributed by atoms with Gasteiger partial charge in [0, 0.05) is 9.75 Å². The predicted octanol–water partition coefficient (Wildman–Crippen LogP) is 2.91. The molecule has 0 aliphatic carbocycles. The van der Waals surface area contributed by atoms with Gasteiger partial charge >= 0.3 is 0 Å². The lowest BCUT2D eigenvalue weighted by molar-refractivity contribution is -0.0282. The summed E-state index contributed by atoms with van der Waals surface area (Å²) in [5.74, 6) is 0. The summed E-state index contributed by atoms with van der Waals surface area (Å²) in [6.45, 7) is 4.20. The molecule has 1 aromatic heterocycles. The molecule has 0 amide bonds. The van der Waals surface area contributed by atoms with Gasteiger partial charge in [0.25, 0.3) is 0 Å². The third-order valence-corrected chi connectivity index (χ3v) is 4.24. The van der Waals surface area contributed by atoms with E-state index in [4.69, 9.17) is 4.74 Å². The van der Waals surface area contributed by atoms with Crippen LogP contribution in [0.3, 0.4) is 0 Å². The summed E-state index contributed by atoms with van der Waals surface area (Å²) in [5, 5.41) is 10.1. The van der Waals surface area contributed by atoms with Crippen LogP contribution in [0.1, 0.15) is 42.5 Å². The van der Waals surface area contributed by atoms with Crippen molar-refractivity contribution in [3.8, 4) is 0 Å². The Kier molecular flexibility index (Phi) is 3.44. The second-order valence-corrected chi connectivity index (χ2v) is 5.36. The highest BCUT2D eigenvalue weighted by molar-refractivity contribution is 7.12. The molecule has 1 aromatic rings. The van der Waals surface area contributed by atoms with E-state index in [9.17, 15) is 5.11 Å². The molecule has 2 heterocycles. The summed E-state index contributed by atoms with van der Waals surface area (Å²) in [6.07, 6.45) is 2.95. The summed E-state index contributed by atoms with van der Waals surface area (Å²) in [7, 11) is 0. The highest BCUT2D eigenvalue weighted by Gasteiger charge is 2.29. The molecular formula is C12H18O2S. The van der Waals surface area contributed by atoms with Crippen molar-refractivity contribution >= 4 is 11.3 Å². The molecule has 3 unspecified atom stereocenters. The molecule has 3 atom stereocenters. The fourth-order valence-electron chi connectivity index (χ4n) is 1.99. The summed E-state index contributed by atoms with van der Waals surface area (Å²) in [4.78, 5) is 2.38. The Morgan fingerprint density at radius 3 is 2.87 bits per heavy atom. The minimum absolute atomic E-state index is 0.00311. The first kappa shape index (κ1) is 11.1. The van der Waals surface area contributed by atoms with Crippen molar-refractivity contribution in [2.75, 3.05) is 0 Å². The van der Waals surface area contributed by atoms with E-state index in [2.05, 4.69) is 19.9 Å². The SMILES string of the molecule is CCc1ccc(C(O)C2CCC(C)O2)s1. The Bertz CT molecular complexity index is 321. The topological polar surface area (TPSA) is 29.5 Å². The fourth-order valence-corrected chi connectivity index (χ4v) is 2.98. The molecule has 2 rings (SSSR count). The smallest absolute Gasteiger partial charge is 0.114 e. The van der Waals surface area contributed by atoms with Crippen LogP contribution in [-0.2, 0) is 11.2 Å². The second-order valence-electron chi connectivity index (χ2n) is 4.16. The van der Waals surface area contributed by atoms with Crippen LogP contribution in [0.4, 0.5) is 0 Å². The van der Waals surface area contributed by atoms with Crippen molar-refractivity contribution in [1.82, 2.24) is 0 Å². The molecule has 15 heavy (non-hydrogen) atoms. The van der Waals surface area contributed by atoms with Gasteiger partial charge in [-0.25, -0.2) is 0 Å². The third kappa shape index (κ3) is 2.41. The molecule has 1 N–H and O–H groups in total. The quantitative estimate of drug-likeness (QED) is 0.858. The monoisotopic (exact) mass is 226 g/mol. The number of aryl methyl sites for hydroxylation is 1. The van der Waals surface area contributed by atoms with Crippen molar-refractivity contribution < 1.29 is 9.84 Å². The Morgan fingerprint density at radius 1 is 1.53 bits per heavy atom. The minimum atomic E-state index is -0.430. The van der Waals surface area contributed by atoms with Gasteiger partial charge in [-0.2, -0.15) is 0 Å². The zero-order valence-electron chi connectivity index (χ0n) is 9.27. The molecule has 0 saturated carbocycles. The first-order valence-electron chi connectivity index (χ1n) is 5.63. The Balaban J connectivity index is 2.03. The molecule has 0 spiro atoms. The molecule has 3 heteroatoms. The standard InChI is InChI=1S/C12H18O2S/c1-3-9-5-7-11(15-9)12(13)10-6-4-8(2)14-10/h5,7-8,10,12-13H,3-4,6H2,1-2H3. The van der Waals surface area contributed by atoms with Gasteiger partial charge in [0.15, 0.2) is 0 Å². The van der Waals surface area contributed by atoms with Gasteiger partial charge in [-0.05, 0) is 38.3 Å². The Labute approximate surface area is 94.9 Å². The highest BCUT2D eigenvalue weighted by Crippen LogP contribution is 2.33. The van der Waals surface area contributed by atoms with E-state index in [1.165, 1.54) is 4.88 Å². The predicted molar refractivity (Wildman–Crippen MR) is 62.2 cm³/mol. The first-order valence-corrected chi connectivity index (χ1v) is 6.44. The molecule has 1 fully saturated rings. The van der Waals surface area contributed by atoms with Gasteiger partial charge in [0.1, 0.15) is 6.10 Å². The zero-order valence-corrected chi connectivity index (χ0v) is 10.1. The number of thiophene rings is 1. The van der Waals surface area contributed by atoms with Crippen LogP contribution in [-0.4, -0.2) is 17.3 Å². The highest BCUT2D eigenvalue weighted by atomic mass is 32.1. The fraction of sp³-hybridized carbons (Fsp3) is 0.667. The first-order chi connectivity index (χ1) is 7.20. The minimum Gasteiger partial charge on any atom is -0.385 e. The van der Waals surface area contributed by atoms with E-state index in [0.717, 1.165) is 24.1 Å². The van der Waals surface area contributed by atoms with E-state index in [1.54, 1.807) is 11.3 Å². The van der Waals surface area contributed by atoms with E-state index >= 15 is 0 Å². The van der Waals surface area contributed by atoms with Crippen molar-refractivity contribution in [2.24, 2.45) is 0 Å². The van der Waals surface area contributed by atoms with Gasteiger partial charge in [0.2, 0.25) is 0 Å². The molecule has 0 radical (unpaired) electrons. The van der Waals surface area contributed by atoms with Gasteiger partial charge < -0.3 is 9.84 Å². The lowest BCUT2D eigenvalue weighted by Crippen LogP contribution is -2.17. The van der Waals surface area contributed by atoms with Crippen molar-refractivity contribution in [3.05, 3.63) is 21.9 Å². The molecule has 84 valence electrons. The van der Waals surface area contributed by atoms with Gasteiger partial charge in [-0.3, -0.25) is 0 Å². The van der Waals surface area contributed by atoms with Crippen LogP contribution < -0.4 is 0 Å². The summed E-state index contributed by atoms with van der Waals surface area (Å²) >= 11 is 1.70. The van der Waals surface area contributed by atoms with E-state index < -0.39 is 6.10 Å². The lowest BCUT2D eigenvalue weighted by Gasteiger charge is -2.16. The van der Waals surface area contributed by atoms with Crippen LogP contribution in [0.15, 0.2) is 12.1 Å². The number of rotatable bonds is 3. The summed E-state index contributed by atoms with van der Waals surface area (Å²) in [5.41, 5.74) is 0. The average Bonchev–Trinajstić information content (AvgIpc) is 2.84. The summed E-state index contributed by atoms with van der Waals surface area (Å²) in [6, 6.07) is 4.13. The van der Waals surface area contributed by atoms with Crippen LogP contribution in [0.2, 0.25) is 0 Å². The maximum Gasteiger partial charge on any atom is 0.114 e. The van der Waals surface area contributed by atoms with Crippen molar-refractivity contribution in [1.29, 1.82) is 0 Å². The third-order valence-electron chi connectivity index (χ3n) is 2.94. The van der Waals surface area contributed by atoms with Gasteiger partial charge in [-0.15, -0.1) is 11.3 Å².